The predicted octanol–water partition coefficient (Wildman–Crippen LogP) is 1.44. The van der Waals surface area contributed by atoms with Crippen molar-refractivity contribution in [3.05, 3.63) is 30.1 Å². The van der Waals surface area contributed by atoms with E-state index in [2.05, 4.69) is 20.5 Å². The number of carbonyl (C=O) groups is 2. The van der Waals surface area contributed by atoms with Gasteiger partial charge in [-0.15, -0.1) is 0 Å². The van der Waals surface area contributed by atoms with E-state index in [0.717, 1.165) is 5.56 Å². The first-order valence-electron chi connectivity index (χ1n) is 6.57. The second-order valence-corrected chi connectivity index (χ2v) is 5.10. The largest absolute Gasteiger partial charge is 0.481 e. The number of aromatic amines is 1. The van der Waals surface area contributed by atoms with Gasteiger partial charge in [0.25, 0.3) is 0 Å². The Morgan fingerprint density at radius 2 is 2.19 bits per heavy atom. The zero-order valence-corrected chi connectivity index (χ0v) is 11.3. The molecule has 0 aliphatic heterocycles. The summed E-state index contributed by atoms with van der Waals surface area (Å²) in [6.07, 6.45) is 0.404. The quantitative estimate of drug-likeness (QED) is 0.788. The molecule has 0 radical (unpaired) electrons. The summed E-state index contributed by atoms with van der Waals surface area (Å²) in [5, 5.41) is 18.4. The average Bonchev–Trinajstić information content (AvgIpc) is 3.15. The van der Waals surface area contributed by atoms with Gasteiger partial charge in [0.1, 0.15) is 5.82 Å². The summed E-state index contributed by atoms with van der Waals surface area (Å²) in [4.78, 5) is 26.9. The minimum atomic E-state index is -0.917. The number of H-pyrrole nitrogens is 1. The fourth-order valence-electron chi connectivity index (χ4n) is 2.20. The van der Waals surface area contributed by atoms with Crippen LogP contribution >= 0.6 is 0 Å². The standard InChI is InChI=1S/C14H14N4O3/c1-7-15-12(18-17-7)8-3-2-4-9(5-8)16-13(19)10-6-11(10)14(20)21/h2-5,10-11H,6H2,1H3,(H,16,19)(H,20,21)(H,15,17,18). The Labute approximate surface area is 120 Å². The summed E-state index contributed by atoms with van der Waals surface area (Å²) in [7, 11) is 0. The van der Waals surface area contributed by atoms with E-state index in [1.807, 2.05) is 6.07 Å². The number of carbonyl (C=O) groups excluding carboxylic acids is 1. The molecule has 1 saturated carbocycles. The first kappa shape index (κ1) is 13.3. The van der Waals surface area contributed by atoms with Crippen molar-refractivity contribution in [1.29, 1.82) is 0 Å². The van der Waals surface area contributed by atoms with E-state index < -0.39 is 17.8 Å². The maximum absolute atomic E-state index is 11.9. The second kappa shape index (κ2) is 5.01. The molecule has 1 aliphatic rings. The third-order valence-electron chi connectivity index (χ3n) is 3.43. The molecule has 3 rings (SSSR count). The minimum absolute atomic E-state index is 0.259. The SMILES string of the molecule is Cc1nc(-c2cccc(NC(=O)C3CC3C(=O)O)c2)n[nH]1. The number of aliphatic carboxylic acids is 1. The number of carboxylic acid groups (broad SMARTS) is 1. The van der Waals surface area contributed by atoms with Crippen molar-refractivity contribution in [2.75, 3.05) is 5.32 Å². The lowest BCUT2D eigenvalue weighted by atomic mass is 10.2. The second-order valence-electron chi connectivity index (χ2n) is 5.10. The number of rotatable bonds is 4. The van der Waals surface area contributed by atoms with E-state index in [9.17, 15) is 9.59 Å². The van der Waals surface area contributed by atoms with Crippen molar-refractivity contribution >= 4 is 17.6 Å². The molecule has 7 nitrogen and oxygen atoms in total. The molecular formula is C14H14N4O3. The monoisotopic (exact) mass is 286 g/mol. The van der Waals surface area contributed by atoms with Crippen LogP contribution in [0.5, 0.6) is 0 Å². The van der Waals surface area contributed by atoms with Gasteiger partial charge in [-0.05, 0) is 25.5 Å². The molecule has 2 atom stereocenters. The number of amides is 1. The Kier molecular flexibility index (Phi) is 3.17. The van der Waals surface area contributed by atoms with Gasteiger partial charge in [-0.25, -0.2) is 4.98 Å². The summed E-state index contributed by atoms with van der Waals surface area (Å²) in [5.41, 5.74) is 1.39. The maximum Gasteiger partial charge on any atom is 0.307 e. The van der Waals surface area contributed by atoms with Crippen molar-refractivity contribution < 1.29 is 14.7 Å². The molecule has 1 aromatic heterocycles. The molecule has 21 heavy (non-hydrogen) atoms. The van der Waals surface area contributed by atoms with Gasteiger partial charge in [0.05, 0.1) is 11.8 Å². The number of benzene rings is 1. The number of carboxylic acids is 1. The molecular weight excluding hydrogens is 272 g/mol. The van der Waals surface area contributed by atoms with Crippen LogP contribution in [-0.4, -0.2) is 32.2 Å². The van der Waals surface area contributed by atoms with Crippen LogP contribution in [0, 0.1) is 18.8 Å². The Balaban J connectivity index is 1.72. The van der Waals surface area contributed by atoms with Crippen molar-refractivity contribution in [2.24, 2.45) is 11.8 Å². The van der Waals surface area contributed by atoms with Crippen LogP contribution in [-0.2, 0) is 9.59 Å². The molecule has 0 bridgehead atoms. The lowest BCUT2D eigenvalue weighted by Gasteiger charge is -2.05. The number of nitrogens with zero attached hydrogens (tertiary/aromatic N) is 2. The van der Waals surface area contributed by atoms with E-state index in [0.29, 0.717) is 23.8 Å². The van der Waals surface area contributed by atoms with Crippen LogP contribution in [0.1, 0.15) is 12.2 Å². The van der Waals surface area contributed by atoms with Gasteiger partial charge in [-0.1, -0.05) is 12.1 Å². The lowest BCUT2D eigenvalue weighted by molar-refractivity contribution is -0.139. The van der Waals surface area contributed by atoms with Gasteiger partial charge in [-0.3, -0.25) is 14.7 Å². The van der Waals surface area contributed by atoms with Crippen LogP contribution in [0.4, 0.5) is 5.69 Å². The molecule has 7 heteroatoms. The van der Waals surface area contributed by atoms with E-state index >= 15 is 0 Å². The van der Waals surface area contributed by atoms with Crippen molar-refractivity contribution in [3.63, 3.8) is 0 Å². The summed E-state index contributed by atoms with van der Waals surface area (Å²) in [6.45, 7) is 1.81. The topological polar surface area (TPSA) is 108 Å². The number of hydrogen-bond acceptors (Lipinski definition) is 4. The van der Waals surface area contributed by atoms with Crippen molar-refractivity contribution in [2.45, 2.75) is 13.3 Å². The summed E-state index contributed by atoms with van der Waals surface area (Å²) < 4.78 is 0. The van der Waals surface area contributed by atoms with Crippen LogP contribution in [0.3, 0.4) is 0 Å². The van der Waals surface area contributed by atoms with Crippen LogP contribution in [0.25, 0.3) is 11.4 Å². The summed E-state index contributed by atoms with van der Waals surface area (Å²) in [5.74, 6) is -0.897. The molecule has 1 fully saturated rings. The Hall–Kier alpha value is -2.70. The number of nitrogens with one attached hydrogen (secondary N) is 2. The van der Waals surface area contributed by atoms with Gasteiger partial charge in [-0.2, -0.15) is 5.10 Å². The smallest absolute Gasteiger partial charge is 0.307 e. The van der Waals surface area contributed by atoms with E-state index in [1.165, 1.54) is 0 Å². The third kappa shape index (κ3) is 2.76. The summed E-state index contributed by atoms with van der Waals surface area (Å²) in [6, 6.07) is 7.14. The highest BCUT2D eigenvalue weighted by molar-refractivity contribution is 5.98. The normalized spacial score (nSPS) is 20.0. The molecule has 0 spiro atoms. The van der Waals surface area contributed by atoms with Crippen LogP contribution in [0.15, 0.2) is 24.3 Å². The zero-order valence-electron chi connectivity index (χ0n) is 11.3. The molecule has 3 N–H and O–H groups in total. The highest BCUT2D eigenvalue weighted by Gasteiger charge is 2.48. The van der Waals surface area contributed by atoms with Gasteiger partial charge in [0, 0.05) is 11.3 Å². The number of anilines is 1. The van der Waals surface area contributed by atoms with E-state index in [-0.39, 0.29) is 5.91 Å². The molecule has 2 aromatic rings. The minimum Gasteiger partial charge on any atom is -0.481 e. The zero-order chi connectivity index (χ0) is 15.0. The van der Waals surface area contributed by atoms with Crippen LogP contribution < -0.4 is 5.32 Å². The number of aromatic nitrogens is 3. The molecule has 2 unspecified atom stereocenters. The third-order valence-corrected chi connectivity index (χ3v) is 3.43. The molecule has 1 amide bonds. The highest BCUT2D eigenvalue weighted by Crippen LogP contribution is 2.39. The Bertz CT molecular complexity index is 710. The van der Waals surface area contributed by atoms with E-state index in [1.54, 1.807) is 25.1 Å². The first-order chi connectivity index (χ1) is 10.0. The molecule has 108 valence electrons. The average molecular weight is 286 g/mol. The van der Waals surface area contributed by atoms with Crippen molar-refractivity contribution in [3.8, 4) is 11.4 Å². The Morgan fingerprint density at radius 1 is 1.38 bits per heavy atom. The molecule has 0 saturated heterocycles. The highest BCUT2D eigenvalue weighted by atomic mass is 16.4. The molecule has 1 aliphatic carbocycles. The van der Waals surface area contributed by atoms with Gasteiger partial charge in [0.2, 0.25) is 5.91 Å². The van der Waals surface area contributed by atoms with E-state index in [4.69, 9.17) is 5.11 Å². The van der Waals surface area contributed by atoms with Gasteiger partial charge < -0.3 is 10.4 Å². The first-order valence-corrected chi connectivity index (χ1v) is 6.57. The van der Waals surface area contributed by atoms with Crippen LogP contribution in [0.2, 0.25) is 0 Å². The Morgan fingerprint density at radius 3 is 2.81 bits per heavy atom. The molecule has 1 aromatic carbocycles. The lowest BCUT2D eigenvalue weighted by Crippen LogP contribution is -2.16. The maximum atomic E-state index is 11.9. The predicted molar refractivity (Wildman–Crippen MR) is 74.4 cm³/mol. The van der Waals surface area contributed by atoms with Gasteiger partial charge in [0.15, 0.2) is 5.82 Å². The number of hydrogen-bond donors (Lipinski definition) is 3. The fourth-order valence-corrected chi connectivity index (χ4v) is 2.20. The summed E-state index contributed by atoms with van der Waals surface area (Å²) >= 11 is 0. The fraction of sp³-hybridized carbons (Fsp3) is 0.286. The molecule has 1 heterocycles. The van der Waals surface area contributed by atoms with Gasteiger partial charge >= 0.3 is 5.97 Å². The van der Waals surface area contributed by atoms with Crippen molar-refractivity contribution in [1.82, 2.24) is 15.2 Å². The number of aryl methyl sites for hydroxylation is 1.